The zero-order valence-corrected chi connectivity index (χ0v) is 8.81. The number of fused-ring (bicyclic) bond motifs is 1. The number of rotatable bonds is 3. The molecule has 0 saturated heterocycles. The van der Waals surface area contributed by atoms with E-state index in [4.69, 9.17) is 4.74 Å². The first-order valence-corrected chi connectivity index (χ1v) is 4.91. The first-order chi connectivity index (χ1) is 7.33. The fourth-order valence-electron chi connectivity index (χ4n) is 1.60. The minimum Gasteiger partial charge on any atom is -0.497 e. The highest BCUT2D eigenvalue weighted by molar-refractivity contribution is 5.82. The second-order valence-electron chi connectivity index (χ2n) is 3.43. The van der Waals surface area contributed by atoms with Gasteiger partial charge in [0.05, 0.1) is 7.11 Å². The van der Waals surface area contributed by atoms with Crippen molar-refractivity contribution < 1.29 is 9.30 Å². The quantitative estimate of drug-likeness (QED) is 0.547. The van der Waals surface area contributed by atoms with Gasteiger partial charge in [0.25, 0.3) is 0 Å². The van der Waals surface area contributed by atoms with Crippen LogP contribution in [-0.4, -0.2) is 7.11 Å². The van der Waals surface area contributed by atoms with Crippen LogP contribution in [0.2, 0.25) is 0 Å². The predicted molar refractivity (Wildman–Crippen MR) is 60.9 cm³/mol. The zero-order chi connectivity index (χ0) is 10.7. The summed E-state index contributed by atoms with van der Waals surface area (Å²) in [7, 11) is 1.68. The summed E-state index contributed by atoms with van der Waals surface area (Å²) < 4.78 is 7.28. The lowest BCUT2D eigenvalue weighted by Crippen LogP contribution is -2.31. The largest absolute Gasteiger partial charge is 0.497 e. The molecule has 1 aromatic heterocycles. The highest BCUT2D eigenvalue weighted by atomic mass is 16.5. The van der Waals surface area contributed by atoms with E-state index in [1.165, 1.54) is 10.8 Å². The Hall–Kier alpha value is -1.83. The zero-order valence-electron chi connectivity index (χ0n) is 8.81. The minimum atomic E-state index is 0.835. The molecule has 0 atom stereocenters. The molecule has 2 rings (SSSR count). The number of nitrogens with zero attached hydrogens (tertiary/aromatic N) is 1. The van der Waals surface area contributed by atoms with Crippen LogP contribution in [0.5, 0.6) is 5.75 Å². The molecule has 2 heteroatoms. The first kappa shape index (κ1) is 9.71. The number of methoxy groups -OCH3 is 1. The van der Waals surface area contributed by atoms with Crippen LogP contribution in [0.1, 0.15) is 0 Å². The van der Waals surface area contributed by atoms with Crippen molar-refractivity contribution in [1.82, 2.24) is 0 Å². The van der Waals surface area contributed by atoms with E-state index in [1.54, 1.807) is 7.11 Å². The number of benzene rings is 1. The molecule has 0 bridgehead atoms. The van der Waals surface area contributed by atoms with Crippen LogP contribution >= 0.6 is 0 Å². The smallest absolute Gasteiger partial charge is 0.176 e. The first-order valence-electron chi connectivity index (χ1n) is 4.91. The van der Waals surface area contributed by atoms with E-state index in [1.807, 2.05) is 24.4 Å². The van der Waals surface area contributed by atoms with Crippen LogP contribution in [0.25, 0.3) is 10.8 Å². The van der Waals surface area contributed by atoms with Gasteiger partial charge in [0.2, 0.25) is 0 Å². The molecule has 15 heavy (non-hydrogen) atoms. The fourth-order valence-corrected chi connectivity index (χ4v) is 1.60. The van der Waals surface area contributed by atoms with Crippen LogP contribution in [0.3, 0.4) is 0 Å². The molecule has 76 valence electrons. The molecular formula is C13H14NO+. The number of hydrogen-bond donors (Lipinski definition) is 0. The summed E-state index contributed by atoms with van der Waals surface area (Å²) in [5.74, 6) is 0.893. The van der Waals surface area contributed by atoms with Crippen molar-refractivity contribution in [2.45, 2.75) is 6.54 Å². The number of hydrogen-bond acceptors (Lipinski definition) is 1. The molecule has 1 aromatic carbocycles. The summed E-state index contributed by atoms with van der Waals surface area (Å²) in [6.07, 6.45) is 6.04. The van der Waals surface area contributed by atoms with E-state index in [0.29, 0.717) is 0 Å². The molecule has 2 nitrogen and oxygen atoms in total. The Morgan fingerprint density at radius 1 is 1.33 bits per heavy atom. The van der Waals surface area contributed by atoms with E-state index in [2.05, 4.69) is 29.5 Å². The molecule has 0 spiro atoms. The maximum absolute atomic E-state index is 5.18. The van der Waals surface area contributed by atoms with Gasteiger partial charge in [-0.15, -0.1) is 0 Å². The molecule has 1 heterocycles. The Bertz CT molecular complexity index is 491. The van der Waals surface area contributed by atoms with Crippen LogP contribution in [0.15, 0.2) is 49.3 Å². The topological polar surface area (TPSA) is 13.1 Å². The fraction of sp³-hybridized carbons (Fsp3) is 0.154. The summed E-state index contributed by atoms with van der Waals surface area (Å²) in [6, 6.07) is 8.16. The van der Waals surface area contributed by atoms with Crippen molar-refractivity contribution in [2.75, 3.05) is 7.11 Å². The van der Waals surface area contributed by atoms with Crippen LogP contribution in [0.4, 0.5) is 0 Å². The van der Waals surface area contributed by atoms with Gasteiger partial charge in [-0.25, -0.2) is 4.57 Å². The summed E-state index contributed by atoms with van der Waals surface area (Å²) in [5, 5.41) is 2.40. The molecule has 0 aliphatic carbocycles. The van der Waals surface area contributed by atoms with Crippen molar-refractivity contribution in [1.29, 1.82) is 0 Å². The minimum absolute atomic E-state index is 0.835. The van der Waals surface area contributed by atoms with Gasteiger partial charge in [0.15, 0.2) is 18.9 Å². The van der Waals surface area contributed by atoms with Gasteiger partial charge in [-0.3, -0.25) is 0 Å². The lowest BCUT2D eigenvalue weighted by Gasteiger charge is -2.01. The standard InChI is InChI=1S/C13H14NO/c1-3-7-14-8-6-11-9-13(15-2)5-4-12(11)10-14/h3-6,8-10H,1,7H2,2H3/q+1. The normalized spacial score (nSPS) is 10.2. The molecular weight excluding hydrogens is 186 g/mol. The maximum Gasteiger partial charge on any atom is 0.176 e. The highest BCUT2D eigenvalue weighted by Crippen LogP contribution is 2.18. The van der Waals surface area contributed by atoms with Gasteiger partial charge < -0.3 is 4.74 Å². The molecule has 2 aromatic rings. The lowest BCUT2D eigenvalue weighted by molar-refractivity contribution is -0.685. The number of pyridine rings is 1. The summed E-state index contributed by atoms with van der Waals surface area (Å²) in [4.78, 5) is 0. The van der Waals surface area contributed by atoms with Gasteiger partial charge in [-0.1, -0.05) is 6.58 Å². The maximum atomic E-state index is 5.18. The molecule has 0 saturated carbocycles. The molecule has 0 N–H and O–H groups in total. The monoisotopic (exact) mass is 200 g/mol. The van der Waals surface area contributed by atoms with Gasteiger partial charge in [0, 0.05) is 11.5 Å². The molecule has 0 radical (unpaired) electrons. The average molecular weight is 200 g/mol. The molecule has 0 aliphatic rings. The lowest BCUT2D eigenvalue weighted by atomic mass is 10.2. The van der Waals surface area contributed by atoms with Crippen LogP contribution in [-0.2, 0) is 6.54 Å². The summed E-state index contributed by atoms with van der Waals surface area (Å²) in [6.45, 7) is 4.56. The third-order valence-corrected chi connectivity index (χ3v) is 2.38. The average Bonchev–Trinajstić information content (AvgIpc) is 2.29. The SMILES string of the molecule is C=CC[n+]1ccc2cc(OC)ccc2c1. The molecule has 0 unspecified atom stereocenters. The third-order valence-electron chi connectivity index (χ3n) is 2.38. The third kappa shape index (κ3) is 1.99. The second-order valence-corrected chi connectivity index (χ2v) is 3.43. The van der Waals surface area contributed by atoms with Gasteiger partial charge >= 0.3 is 0 Å². The highest BCUT2D eigenvalue weighted by Gasteiger charge is 2.02. The summed E-state index contributed by atoms with van der Waals surface area (Å²) >= 11 is 0. The Morgan fingerprint density at radius 3 is 2.93 bits per heavy atom. The molecule has 0 amide bonds. The second kappa shape index (κ2) is 4.13. The van der Waals surface area contributed by atoms with Crippen molar-refractivity contribution >= 4 is 10.8 Å². The molecule has 0 fully saturated rings. The van der Waals surface area contributed by atoms with Crippen molar-refractivity contribution in [2.24, 2.45) is 0 Å². The predicted octanol–water partition coefficient (Wildman–Crippen LogP) is 2.32. The van der Waals surface area contributed by atoms with Gasteiger partial charge in [0.1, 0.15) is 5.75 Å². The van der Waals surface area contributed by atoms with E-state index in [0.717, 1.165) is 12.3 Å². The van der Waals surface area contributed by atoms with E-state index < -0.39 is 0 Å². The number of allylic oxidation sites excluding steroid dienone is 1. The van der Waals surface area contributed by atoms with Gasteiger partial charge in [-0.2, -0.15) is 0 Å². The Kier molecular flexibility index (Phi) is 2.68. The van der Waals surface area contributed by atoms with Crippen LogP contribution < -0.4 is 9.30 Å². The van der Waals surface area contributed by atoms with Crippen LogP contribution in [0, 0.1) is 0 Å². The van der Waals surface area contributed by atoms with E-state index in [9.17, 15) is 0 Å². The Balaban J connectivity index is 2.49. The number of ether oxygens (including phenoxy) is 1. The van der Waals surface area contributed by atoms with E-state index in [-0.39, 0.29) is 0 Å². The Labute approximate surface area is 89.4 Å². The summed E-state index contributed by atoms with van der Waals surface area (Å²) in [5.41, 5.74) is 0. The molecule has 0 aliphatic heterocycles. The van der Waals surface area contributed by atoms with Crippen molar-refractivity contribution in [3.63, 3.8) is 0 Å². The Morgan fingerprint density at radius 2 is 2.20 bits per heavy atom. The van der Waals surface area contributed by atoms with Crippen molar-refractivity contribution in [3.8, 4) is 5.75 Å². The van der Waals surface area contributed by atoms with Gasteiger partial charge in [-0.05, 0) is 29.7 Å². The van der Waals surface area contributed by atoms with Crippen molar-refractivity contribution in [3.05, 3.63) is 49.3 Å². The number of aromatic nitrogens is 1. The van der Waals surface area contributed by atoms with E-state index >= 15 is 0 Å².